The molecule has 1 rings (SSSR count). The van der Waals surface area contributed by atoms with E-state index in [9.17, 15) is 8.42 Å². The predicted octanol–water partition coefficient (Wildman–Crippen LogP) is 0.477. The maximum absolute atomic E-state index is 11.3. The largest absolute Gasteiger partial charge is 0.393 e. The van der Waals surface area contributed by atoms with E-state index in [-0.39, 0.29) is 11.9 Å². The SMILES string of the molecule is CCCCS(=O)(=O)NCC1CC(O)C1. The molecular formula is C9H19NO3S. The summed E-state index contributed by atoms with van der Waals surface area (Å²) in [4.78, 5) is 0. The Morgan fingerprint density at radius 1 is 1.43 bits per heavy atom. The molecule has 5 heteroatoms. The van der Waals surface area contributed by atoms with E-state index >= 15 is 0 Å². The van der Waals surface area contributed by atoms with Crippen molar-refractivity contribution in [2.45, 2.75) is 38.7 Å². The smallest absolute Gasteiger partial charge is 0.211 e. The van der Waals surface area contributed by atoms with E-state index in [1.807, 2.05) is 6.92 Å². The van der Waals surface area contributed by atoms with Gasteiger partial charge in [-0.25, -0.2) is 13.1 Å². The number of nitrogens with one attached hydrogen (secondary N) is 1. The van der Waals surface area contributed by atoms with Gasteiger partial charge in [-0.3, -0.25) is 0 Å². The lowest BCUT2D eigenvalue weighted by molar-refractivity contribution is 0.0453. The van der Waals surface area contributed by atoms with Crippen LogP contribution in [0.4, 0.5) is 0 Å². The average molecular weight is 221 g/mol. The van der Waals surface area contributed by atoms with Crippen LogP contribution in [-0.4, -0.2) is 31.9 Å². The standard InChI is InChI=1S/C9H19NO3S/c1-2-3-4-14(12,13)10-7-8-5-9(11)6-8/h8-11H,2-7H2,1H3. The van der Waals surface area contributed by atoms with Crippen molar-refractivity contribution in [1.82, 2.24) is 4.72 Å². The Balaban J connectivity index is 2.16. The van der Waals surface area contributed by atoms with Gasteiger partial charge in [0.05, 0.1) is 11.9 Å². The summed E-state index contributed by atoms with van der Waals surface area (Å²) in [7, 11) is -3.06. The van der Waals surface area contributed by atoms with Crippen LogP contribution in [0.3, 0.4) is 0 Å². The second-order valence-electron chi connectivity index (χ2n) is 4.01. The normalized spacial score (nSPS) is 27.3. The summed E-state index contributed by atoms with van der Waals surface area (Å²) in [5.41, 5.74) is 0. The van der Waals surface area contributed by atoms with Crippen molar-refractivity contribution in [3.05, 3.63) is 0 Å². The molecule has 0 radical (unpaired) electrons. The van der Waals surface area contributed by atoms with Crippen LogP contribution in [0.5, 0.6) is 0 Å². The first kappa shape index (κ1) is 11.9. The molecule has 1 aliphatic carbocycles. The highest BCUT2D eigenvalue weighted by atomic mass is 32.2. The van der Waals surface area contributed by atoms with Crippen LogP contribution in [-0.2, 0) is 10.0 Å². The molecule has 0 aromatic heterocycles. The van der Waals surface area contributed by atoms with Crippen LogP contribution in [0.1, 0.15) is 32.6 Å². The lowest BCUT2D eigenvalue weighted by atomic mass is 9.83. The van der Waals surface area contributed by atoms with E-state index in [1.54, 1.807) is 0 Å². The van der Waals surface area contributed by atoms with Crippen LogP contribution in [0, 0.1) is 5.92 Å². The zero-order valence-electron chi connectivity index (χ0n) is 8.57. The summed E-state index contributed by atoms with van der Waals surface area (Å²) in [5.74, 6) is 0.556. The zero-order chi connectivity index (χ0) is 10.6. The highest BCUT2D eigenvalue weighted by molar-refractivity contribution is 7.89. The predicted molar refractivity (Wildman–Crippen MR) is 55.4 cm³/mol. The minimum absolute atomic E-state index is 0.208. The molecule has 0 aromatic rings. The van der Waals surface area contributed by atoms with Gasteiger partial charge in [0.25, 0.3) is 0 Å². The summed E-state index contributed by atoms with van der Waals surface area (Å²) >= 11 is 0. The zero-order valence-corrected chi connectivity index (χ0v) is 9.39. The molecule has 0 aliphatic heterocycles. The van der Waals surface area contributed by atoms with Gasteiger partial charge in [-0.15, -0.1) is 0 Å². The van der Waals surface area contributed by atoms with Gasteiger partial charge in [0.1, 0.15) is 0 Å². The third-order valence-corrected chi connectivity index (χ3v) is 4.00. The fraction of sp³-hybridized carbons (Fsp3) is 1.00. The molecule has 0 spiro atoms. The molecule has 0 saturated heterocycles. The van der Waals surface area contributed by atoms with Gasteiger partial charge in [-0.2, -0.15) is 0 Å². The van der Waals surface area contributed by atoms with Gasteiger partial charge in [0, 0.05) is 6.54 Å². The van der Waals surface area contributed by atoms with E-state index in [1.165, 1.54) is 0 Å². The summed E-state index contributed by atoms with van der Waals surface area (Å²) in [5, 5.41) is 9.01. The first-order chi connectivity index (χ1) is 6.53. The molecule has 0 atom stereocenters. The van der Waals surface area contributed by atoms with Crippen LogP contribution in [0.15, 0.2) is 0 Å². The second-order valence-corrected chi connectivity index (χ2v) is 5.94. The Hall–Kier alpha value is -0.130. The van der Waals surface area contributed by atoms with Gasteiger partial charge in [0.2, 0.25) is 10.0 Å². The van der Waals surface area contributed by atoms with Crippen molar-refractivity contribution in [1.29, 1.82) is 0 Å². The van der Waals surface area contributed by atoms with Crippen LogP contribution < -0.4 is 4.72 Å². The van der Waals surface area contributed by atoms with Crippen LogP contribution >= 0.6 is 0 Å². The molecule has 2 N–H and O–H groups in total. The van der Waals surface area contributed by atoms with Crippen molar-refractivity contribution < 1.29 is 13.5 Å². The molecule has 1 fully saturated rings. The fourth-order valence-corrected chi connectivity index (χ4v) is 2.82. The van der Waals surface area contributed by atoms with Crippen molar-refractivity contribution in [2.75, 3.05) is 12.3 Å². The molecule has 84 valence electrons. The number of hydrogen-bond donors (Lipinski definition) is 2. The number of rotatable bonds is 6. The Labute approximate surface area is 85.8 Å². The third kappa shape index (κ3) is 3.94. The van der Waals surface area contributed by atoms with Crippen molar-refractivity contribution in [3.63, 3.8) is 0 Å². The highest BCUT2D eigenvalue weighted by Gasteiger charge is 2.27. The third-order valence-electron chi connectivity index (χ3n) is 2.57. The molecule has 1 aliphatic rings. The van der Waals surface area contributed by atoms with Crippen LogP contribution in [0.25, 0.3) is 0 Å². The number of unbranched alkanes of at least 4 members (excludes halogenated alkanes) is 1. The number of aliphatic hydroxyl groups is 1. The average Bonchev–Trinajstić information content (AvgIpc) is 2.07. The maximum Gasteiger partial charge on any atom is 0.211 e. The Morgan fingerprint density at radius 2 is 2.07 bits per heavy atom. The van der Waals surface area contributed by atoms with Crippen molar-refractivity contribution in [3.8, 4) is 0 Å². The van der Waals surface area contributed by atoms with Gasteiger partial charge >= 0.3 is 0 Å². The number of sulfonamides is 1. The molecule has 0 aromatic carbocycles. The Morgan fingerprint density at radius 3 is 2.57 bits per heavy atom. The minimum atomic E-state index is -3.06. The molecular weight excluding hydrogens is 202 g/mol. The lowest BCUT2D eigenvalue weighted by Crippen LogP contribution is -2.39. The number of hydrogen-bond acceptors (Lipinski definition) is 3. The monoisotopic (exact) mass is 221 g/mol. The highest BCUT2D eigenvalue weighted by Crippen LogP contribution is 2.26. The Kier molecular flexibility index (Phi) is 4.34. The van der Waals surface area contributed by atoms with E-state index < -0.39 is 10.0 Å². The molecule has 0 amide bonds. The molecule has 4 nitrogen and oxygen atoms in total. The quantitative estimate of drug-likeness (QED) is 0.685. The maximum atomic E-state index is 11.3. The fourth-order valence-electron chi connectivity index (χ4n) is 1.52. The van der Waals surface area contributed by atoms with E-state index in [0.29, 0.717) is 18.9 Å². The molecule has 14 heavy (non-hydrogen) atoms. The molecule has 0 bridgehead atoms. The summed E-state index contributed by atoms with van der Waals surface area (Å²) in [6.07, 6.45) is 2.86. The number of aliphatic hydroxyl groups excluding tert-OH is 1. The van der Waals surface area contributed by atoms with E-state index in [4.69, 9.17) is 5.11 Å². The summed E-state index contributed by atoms with van der Waals surface area (Å²) in [6.45, 7) is 2.46. The topological polar surface area (TPSA) is 66.4 Å². The van der Waals surface area contributed by atoms with E-state index in [2.05, 4.69) is 4.72 Å². The lowest BCUT2D eigenvalue weighted by Gasteiger charge is -2.31. The Bertz CT molecular complexity index is 257. The first-order valence-corrected chi connectivity index (χ1v) is 6.84. The summed E-state index contributed by atoms with van der Waals surface area (Å²) < 4.78 is 25.3. The van der Waals surface area contributed by atoms with Gasteiger partial charge < -0.3 is 5.11 Å². The van der Waals surface area contributed by atoms with Gasteiger partial charge in [0.15, 0.2) is 0 Å². The first-order valence-electron chi connectivity index (χ1n) is 5.19. The van der Waals surface area contributed by atoms with Crippen molar-refractivity contribution >= 4 is 10.0 Å². The molecule has 0 heterocycles. The van der Waals surface area contributed by atoms with E-state index in [0.717, 1.165) is 19.3 Å². The second kappa shape index (κ2) is 5.09. The van der Waals surface area contributed by atoms with Gasteiger partial charge in [-0.05, 0) is 25.2 Å². The molecule has 1 saturated carbocycles. The van der Waals surface area contributed by atoms with Crippen molar-refractivity contribution in [2.24, 2.45) is 5.92 Å². The minimum Gasteiger partial charge on any atom is -0.393 e. The summed E-state index contributed by atoms with van der Waals surface area (Å²) in [6, 6.07) is 0. The van der Waals surface area contributed by atoms with Gasteiger partial charge in [-0.1, -0.05) is 13.3 Å². The van der Waals surface area contributed by atoms with Crippen LogP contribution in [0.2, 0.25) is 0 Å². The molecule has 0 unspecified atom stereocenters.